The number of benzene rings is 2. The lowest BCUT2D eigenvalue weighted by Gasteiger charge is -2.14. The van der Waals surface area contributed by atoms with Crippen molar-refractivity contribution in [2.24, 2.45) is 14.1 Å². The van der Waals surface area contributed by atoms with Gasteiger partial charge in [-0.05, 0) is 42.8 Å². The average molecular weight is 429 g/mol. The molecule has 0 saturated carbocycles. The second-order valence-electron chi connectivity index (χ2n) is 7.00. The third-order valence-electron chi connectivity index (χ3n) is 5.07. The monoisotopic (exact) mass is 428 g/mol. The molecule has 4 rings (SSSR count). The van der Waals surface area contributed by atoms with E-state index in [0.29, 0.717) is 43.6 Å². The predicted octanol–water partition coefficient (Wildman–Crippen LogP) is 3.89. The summed E-state index contributed by atoms with van der Waals surface area (Å²) in [5, 5.41) is 1.25. The highest BCUT2D eigenvalue weighted by Gasteiger charge is 2.22. The second kappa shape index (κ2) is 6.83. The normalized spacial score (nSPS) is 11.3. The molecule has 0 unspecified atom stereocenters. The summed E-state index contributed by atoms with van der Waals surface area (Å²) in [6.45, 7) is 1.95. The van der Waals surface area contributed by atoms with Gasteiger partial charge in [0.25, 0.3) is 5.56 Å². The molecule has 2 aromatic heterocycles. The van der Waals surface area contributed by atoms with Crippen LogP contribution in [0.15, 0.2) is 52.2 Å². The smallest absolute Gasteiger partial charge is 0.330 e. The topological polar surface area (TPSA) is 75.0 Å². The van der Waals surface area contributed by atoms with Crippen molar-refractivity contribution in [3.63, 3.8) is 0 Å². The van der Waals surface area contributed by atoms with Crippen LogP contribution in [0, 0.1) is 6.92 Å². The molecule has 2 N–H and O–H groups in total. The van der Waals surface area contributed by atoms with Crippen molar-refractivity contribution < 1.29 is 0 Å². The predicted molar refractivity (Wildman–Crippen MR) is 118 cm³/mol. The van der Waals surface area contributed by atoms with Crippen molar-refractivity contribution in [1.82, 2.24) is 13.7 Å². The Morgan fingerprint density at radius 2 is 1.69 bits per heavy atom. The molecule has 0 aliphatic carbocycles. The number of aryl methyl sites for hydroxylation is 2. The summed E-state index contributed by atoms with van der Waals surface area (Å²) in [5.74, 6) is 0. The lowest BCUT2D eigenvalue weighted by Crippen LogP contribution is -2.36. The molecule has 2 heterocycles. The molecule has 0 aliphatic heterocycles. The minimum atomic E-state index is -0.412. The van der Waals surface area contributed by atoms with Crippen LogP contribution in [0.2, 0.25) is 10.0 Å². The fraction of sp³-hybridized carbons (Fsp3) is 0.143. The number of nitrogens with two attached hydrogens (primary N) is 1. The zero-order valence-electron chi connectivity index (χ0n) is 16.0. The average Bonchev–Trinajstić information content (AvgIpc) is 3.05. The summed E-state index contributed by atoms with van der Waals surface area (Å²) in [4.78, 5) is 25.6. The van der Waals surface area contributed by atoms with Crippen molar-refractivity contribution in [1.29, 1.82) is 0 Å². The Balaban J connectivity index is 2.24. The van der Waals surface area contributed by atoms with Crippen LogP contribution in [0.5, 0.6) is 0 Å². The van der Waals surface area contributed by atoms with Crippen LogP contribution in [0.1, 0.15) is 5.56 Å². The van der Waals surface area contributed by atoms with Gasteiger partial charge in [0.05, 0.1) is 33.0 Å². The van der Waals surface area contributed by atoms with Crippen LogP contribution in [-0.2, 0) is 14.1 Å². The summed E-state index contributed by atoms with van der Waals surface area (Å²) in [5.41, 5.74) is 9.35. The van der Waals surface area contributed by atoms with Gasteiger partial charge in [-0.15, -0.1) is 0 Å². The highest BCUT2D eigenvalue weighted by atomic mass is 35.5. The lowest BCUT2D eigenvalue weighted by atomic mass is 10.1. The number of hydrogen-bond donors (Lipinski definition) is 1. The number of rotatable bonds is 2. The maximum Gasteiger partial charge on any atom is 0.330 e. The van der Waals surface area contributed by atoms with Crippen LogP contribution in [0.3, 0.4) is 0 Å². The summed E-state index contributed by atoms with van der Waals surface area (Å²) in [6, 6.07) is 10.7. The Hall–Kier alpha value is -2.96. The minimum Gasteiger partial charge on any atom is -0.397 e. The Morgan fingerprint density at radius 3 is 2.34 bits per heavy atom. The largest absolute Gasteiger partial charge is 0.397 e. The molecule has 0 atom stereocenters. The first-order valence-electron chi connectivity index (χ1n) is 8.83. The van der Waals surface area contributed by atoms with E-state index in [-0.39, 0.29) is 0 Å². The number of halogens is 2. The zero-order valence-corrected chi connectivity index (χ0v) is 17.5. The lowest BCUT2D eigenvalue weighted by molar-refractivity contribution is 0.714. The molecule has 6 nitrogen and oxygen atoms in total. The molecule has 0 aliphatic rings. The molecule has 0 bridgehead atoms. The van der Waals surface area contributed by atoms with Crippen LogP contribution in [0.4, 0.5) is 5.69 Å². The third kappa shape index (κ3) is 2.96. The highest BCUT2D eigenvalue weighted by Crippen LogP contribution is 2.37. The van der Waals surface area contributed by atoms with E-state index >= 15 is 0 Å². The van der Waals surface area contributed by atoms with Crippen molar-refractivity contribution in [3.05, 3.63) is 79.0 Å². The summed E-state index contributed by atoms with van der Waals surface area (Å²) < 4.78 is 4.32. The molecule has 0 saturated heterocycles. The van der Waals surface area contributed by atoms with Gasteiger partial charge in [0.15, 0.2) is 0 Å². The Kier molecular flexibility index (Phi) is 4.56. The van der Waals surface area contributed by atoms with E-state index in [1.54, 1.807) is 36.0 Å². The first kappa shape index (κ1) is 19.4. The van der Waals surface area contributed by atoms with E-state index in [0.717, 1.165) is 10.1 Å². The van der Waals surface area contributed by atoms with E-state index in [2.05, 4.69) is 0 Å². The third-order valence-corrected chi connectivity index (χ3v) is 5.62. The zero-order chi connectivity index (χ0) is 21.0. The molecule has 4 aromatic rings. The molecule has 0 radical (unpaired) electrons. The molecule has 0 spiro atoms. The fourth-order valence-electron chi connectivity index (χ4n) is 3.57. The molecule has 0 amide bonds. The molecule has 8 heteroatoms. The van der Waals surface area contributed by atoms with E-state index in [4.69, 9.17) is 28.9 Å². The maximum atomic E-state index is 13.1. The van der Waals surface area contributed by atoms with Crippen LogP contribution >= 0.6 is 23.2 Å². The summed E-state index contributed by atoms with van der Waals surface area (Å²) in [6.07, 6.45) is 1.74. The van der Waals surface area contributed by atoms with Crippen LogP contribution in [0.25, 0.3) is 27.8 Å². The number of aromatic nitrogens is 3. The molecule has 29 heavy (non-hydrogen) atoms. The number of anilines is 1. The minimum absolute atomic E-state index is 0.374. The Morgan fingerprint density at radius 1 is 0.966 bits per heavy atom. The van der Waals surface area contributed by atoms with Gasteiger partial charge in [-0.3, -0.25) is 13.9 Å². The maximum absolute atomic E-state index is 13.1. The number of fused-ring (bicyclic) bond motifs is 1. The second-order valence-corrected chi connectivity index (χ2v) is 7.84. The first-order chi connectivity index (χ1) is 13.7. The molecular weight excluding hydrogens is 411 g/mol. The summed E-state index contributed by atoms with van der Waals surface area (Å²) >= 11 is 12.6. The highest BCUT2D eigenvalue weighted by molar-refractivity contribution is 6.36. The fourth-order valence-corrected chi connectivity index (χ4v) is 4.07. The van der Waals surface area contributed by atoms with Crippen LogP contribution < -0.4 is 17.0 Å². The van der Waals surface area contributed by atoms with Crippen molar-refractivity contribution in [2.45, 2.75) is 6.92 Å². The number of nitrogens with zero attached hydrogens (tertiary/aromatic N) is 3. The number of nitrogen functional groups attached to an aromatic ring is 1. The quantitative estimate of drug-likeness (QED) is 0.492. The number of hydrogen-bond acceptors (Lipinski definition) is 3. The van der Waals surface area contributed by atoms with E-state index in [1.807, 2.05) is 25.1 Å². The van der Waals surface area contributed by atoms with Crippen molar-refractivity contribution >= 4 is 39.8 Å². The van der Waals surface area contributed by atoms with Gasteiger partial charge >= 0.3 is 5.69 Å². The van der Waals surface area contributed by atoms with Crippen molar-refractivity contribution in [2.75, 3.05) is 5.73 Å². The molecule has 0 fully saturated rings. The van der Waals surface area contributed by atoms with Gasteiger partial charge in [0.1, 0.15) is 0 Å². The first-order valence-corrected chi connectivity index (χ1v) is 9.59. The Labute approximate surface area is 176 Å². The molecular formula is C21H18Cl2N4O2. The summed E-state index contributed by atoms with van der Waals surface area (Å²) in [7, 11) is 3.08. The van der Waals surface area contributed by atoms with Crippen LogP contribution in [-0.4, -0.2) is 13.7 Å². The van der Waals surface area contributed by atoms with Gasteiger partial charge in [-0.25, -0.2) is 4.79 Å². The van der Waals surface area contributed by atoms with E-state index in [9.17, 15) is 9.59 Å². The molecule has 2 aromatic carbocycles. The standard InChI is InChI=1S/C21H18Cl2N4O2/c1-11-4-7-16(15(24)8-11)27-10-17-18(20(28)26(3)21(29)25(17)2)19(27)13-6-5-12(22)9-14(13)23/h4-10H,24H2,1-3H3. The SMILES string of the molecule is Cc1ccc(-n2cc3c(c2-c2ccc(Cl)cc2Cl)c(=O)n(C)c(=O)n3C)c(N)c1. The Bertz CT molecular complexity index is 1410. The van der Waals surface area contributed by atoms with Gasteiger partial charge in [-0.2, -0.15) is 0 Å². The van der Waals surface area contributed by atoms with E-state index < -0.39 is 11.2 Å². The molecule has 148 valence electrons. The van der Waals surface area contributed by atoms with Gasteiger partial charge < -0.3 is 10.3 Å². The van der Waals surface area contributed by atoms with E-state index in [1.165, 1.54) is 11.6 Å². The van der Waals surface area contributed by atoms with Gasteiger partial charge in [-0.1, -0.05) is 29.3 Å². The van der Waals surface area contributed by atoms with Crippen molar-refractivity contribution in [3.8, 4) is 16.9 Å². The van der Waals surface area contributed by atoms with Gasteiger partial charge in [0, 0.05) is 30.9 Å². The van der Waals surface area contributed by atoms with Gasteiger partial charge in [0.2, 0.25) is 0 Å².